The Morgan fingerprint density at radius 2 is 1.87 bits per heavy atom. The number of aryl methyl sites for hydroxylation is 1. The van der Waals surface area contributed by atoms with Crippen molar-refractivity contribution in [3.8, 4) is 0 Å². The van der Waals surface area contributed by atoms with Crippen molar-refractivity contribution in [3.05, 3.63) is 141 Å². The number of pyridine rings is 1. The van der Waals surface area contributed by atoms with Crippen LogP contribution < -0.4 is 5.56 Å². The van der Waals surface area contributed by atoms with Crippen LogP contribution >= 0.6 is 0 Å². The van der Waals surface area contributed by atoms with Gasteiger partial charge >= 0.3 is 0 Å². The Kier molecular flexibility index (Phi) is 10.9. The fourth-order valence-electron chi connectivity index (χ4n) is 5.35. The SMILES string of the molecule is C=C=C=C(C(=C/C=C)/C(=C\C)CC)C(CCN(C)CC)[C@H](c1ccccc1)c1cc2cc(C)ccc2[nH]c1=O. The van der Waals surface area contributed by atoms with Crippen molar-refractivity contribution in [1.82, 2.24) is 9.88 Å². The molecule has 2 aromatic carbocycles. The number of fused-ring (bicyclic) bond motifs is 1. The van der Waals surface area contributed by atoms with Crippen molar-refractivity contribution in [1.29, 1.82) is 0 Å². The summed E-state index contributed by atoms with van der Waals surface area (Å²) in [7, 11) is 2.14. The first kappa shape index (κ1) is 29.7. The highest BCUT2D eigenvalue weighted by atomic mass is 16.1. The normalized spacial score (nSPS) is 13.6. The summed E-state index contributed by atoms with van der Waals surface area (Å²) in [5.41, 5.74) is 13.4. The molecule has 0 aliphatic heterocycles. The number of rotatable bonds is 12. The fraction of sp³-hybridized carbons (Fsp3) is 0.306. The summed E-state index contributed by atoms with van der Waals surface area (Å²) in [6.45, 7) is 18.2. The molecule has 0 radical (unpaired) electrons. The Hall–Kier alpha value is -3.87. The van der Waals surface area contributed by atoms with Gasteiger partial charge in [-0.1, -0.05) is 92.1 Å². The summed E-state index contributed by atoms with van der Waals surface area (Å²) in [6.07, 6.45) is 7.74. The van der Waals surface area contributed by atoms with Gasteiger partial charge in [0.2, 0.25) is 0 Å². The van der Waals surface area contributed by atoms with Gasteiger partial charge in [0.25, 0.3) is 5.56 Å². The number of nitrogens with one attached hydrogen (secondary N) is 1. The van der Waals surface area contributed by atoms with Gasteiger partial charge in [0, 0.05) is 28.5 Å². The van der Waals surface area contributed by atoms with Gasteiger partial charge in [0.1, 0.15) is 0 Å². The molecule has 0 fully saturated rings. The number of H-pyrrole nitrogens is 1. The number of nitrogens with zero attached hydrogens (tertiary/aromatic N) is 1. The number of hydrogen-bond donors (Lipinski definition) is 1. The van der Waals surface area contributed by atoms with E-state index in [0.29, 0.717) is 0 Å². The molecule has 39 heavy (non-hydrogen) atoms. The van der Waals surface area contributed by atoms with Crippen LogP contribution in [0, 0.1) is 12.8 Å². The third kappa shape index (κ3) is 7.16. The highest BCUT2D eigenvalue weighted by Crippen LogP contribution is 2.42. The Morgan fingerprint density at radius 3 is 2.49 bits per heavy atom. The minimum Gasteiger partial charge on any atom is -0.322 e. The van der Waals surface area contributed by atoms with E-state index >= 15 is 0 Å². The van der Waals surface area contributed by atoms with E-state index < -0.39 is 0 Å². The minimum atomic E-state index is -0.204. The molecule has 0 saturated carbocycles. The second-order valence-electron chi connectivity index (χ2n) is 10.0. The smallest absolute Gasteiger partial charge is 0.252 e. The molecule has 0 aliphatic rings. The first-order chi connectivity index (χ1) is 18.9. The van der Waals surface area contributed by atoms with Crippen molar-refractivity contribution < 1.29 is 0 Å². The van der Waals surface area contributed by atoms with Crippen molar-refractivity contribution in [2.24, 2.45) is 5.92 Å². The summed E-state index contributed by atoms with van der Waals surface area (Å²) in [6, 6.07) is 18.6. The molecule has 0 aliphatic carbocycles. The third-order valence-corrected chi connectivity index (χ3v) is 7.53. The van der Waals surface area contributed by atoms with E-state index in [2.05, 4.69) is 106 Å². The predicted octanol–water partition coefficient (Wildman–Crippen LogP) is 8.26. The van der Waals surface area contributed by atoms with Crippen LogP contribution in [0.4, 0.5) is 0 Å². The molecule has 3 rings (SSSR count). The fourth-order valence-corrected chi connectivity index (χ4v) is 5.35. The molecule has 0 spiro atoms. The summed E-state index contributed by atoms with van der Waals surface area (Å²) in [5, 5.41) is 1.03. The van der Waals surface area contributed by atoms with Crippen molar-refractivity contribution in [2.75, 3.05) is 20.1 Å². The van der Waals surface area contributed by atoms with Gasteiger partial charge in [-0.05, 0) is 93.7 Å². The Bertz CT molecular complexity index is 1490. The van der Waals surface area contributed by atoms with E-state index in [-0.39, 0.29) is 17.4 Å². The van der Waals surface area contributed by atoms with Crippen LogP contribution in [0.2, 0.25) is 0 Å². The molecule has 3 aromatic rings. The topological polar surface area (TPSA) is 36.1 Å². The zero-order valence-electron chi connectivity index (χ0n) is 24.2. The molecule has 2 atom stereocenters. The van der Waals surface area contributed by atoms with E-state index in [1.807, 2.05) is 36.4 Å². The van der Waals surface area contributed by atoms with E-state index in [1.54, 1.807) is 0 Å². The maximum absolute atomic E-state index is 13.8. The quantitative estimate of drug-likeness (QED) is 0.193. The largest absolute Gasteiger partial charge is 0.322 e. The van der Waals surface area contributed by atoms with Crippen LogP contribution in [0.3, 0.4) is 0 Å². The number of benzene rings is 2. The van der Waals surface area contributed by atoms with Crippen LogP contribution in [0.5, 0.6) is 0 Å². The molecule has 0 saturated heterocycles. The maximum atomic E-state index is 13.8. The average Bonchev–Trinajstić information content (AvgIpc) is 2.95. The minimum absolute atomic E-state index is 0.0630. The van der Waals surface area contributed by atoms with Gasteiger partial charge in [0.05, 0.1) is 0 Å². The third-order valence-electron chi connectivity index (χ3n) is 7.53. The van der Waals surface area contributed by atoms with Crippen LogP contribution in [-0.2, 0) is 0 Å². The van der Waals surface area contributed by atoms with Gasteiger partial charge in [-0.3, -0.25) is 4.79 Å². The van der Waals surface area contributed by atoms with Crippen LogP contribution in [0.1, 0.15) is 56.2 Å². The molecule has 1 N–H and O–H groups in total. The van der Waals surface area contributed by atoms with Gasteiger partial charge in [-0.15, -0.1) is 0 Å². The lowest BCUT2D eigenvalue weighted by atomic mass is 9.72. The molecule has 202 valence electrons. The Balaban J connectivity index is 2.40. The summed E-state index contributed by atoms with van der Waals surface area (Å²) in [4.78, 5) is 19.3. The predicted molar refractivity (Wildman–Crippen MR) is 167 cm³/mol. The lowest BCUT2D eigenvalue weighted by molar-refractivity contribution is 0.317. The lowest BCUT2D eigenvalue weighted by Crippen LogP contribution is -2.29. The van der Waals surface area contributed by atoms with Crippen molar-refractivity contribution in [2.45, 2.75) is 46.5 Å². The Morgan fingerprint density at radius 1 is 1.13 bits per heavy atom. The van der Waals surface area contributed by atoms with Crippen LogP contribution in [0.25, 0.3) is 10.9 Å². The maximum Gasteiger partial charge on any atom is 0.252 e. The average molecular weight is 519 g/mol. The van der Waals surface area contributed by atoms with Gasteiger partial charge in [0.15, 0.2) is 0 Å². The number of allylic oxidation sites excluding steroid dienone is 6. The molecular formula is C36H42N2O. The van der Waals surface area contributed by atoms with Crippen molar-refractivity contribution >= 4 is 10.9 Å². The number of hydrogen-bond acceptors (Lipinski definition) is 2. The van der Waals surface area contributed by atoms with Crippen molar-refractivity contribution in [3.63, 3.8) is 0 Å². The Labute approximate surface area is 234 Å². The molecule has 1 aromatic heterocycles. The zero-order valence-corrected chi connectivity index (χ0v) is 24.2. The summed E-state index contributed by atoms with van der Waals surface area (Å²) in [5.74, 6) is -0.268. The highest BCUT2D eigenvalue weighted by Gasteiger charge is 2.32. The molecule has 3 heteroatoms. The summed E-state index contributed by atoms with van der Waals surface area (Å²) >= 11 is 0. The second-order valence-corrected chi connectivity index (χ2v) is 10.0. The van der Waals surface area contributed by atoms with E-state index in [1.165, 1.54) is 5.57 Å². The molecule has 0 bridgehead atoms. The highest BCUT2D eigenvalue weighted by molar-refractivity contribution is 5.80. The van der Waals surface area contributed by atoms with Gasteiger partial charge in [-0.2, -0.15) is 0 Å². The standard InChI is InChI=1S/C36H42N2O/c1-8-16-30(27(10-3)11-4)31(17-9-2)32(22-23-38(7)12-5)35(28-18-14-13-15-19-28)33-25-29-24-26(6)20-21-34(29)37-36(33)39/h8,10,13-16,18-21,24-25,32,35H,1-2,11-12,22-23H2,3-7H3,(H,37,39)/b27-10-,30-16+/t32?,35-/m0/s1. The van der Waals surface area contributed by atoms with E-state index in [0.717, 1.165) is 64.7 Å². The van der Waals surface area contributed by atoms with Gasteiger partial charge in [-0.25, -0.2) is 0 Å². The van der Waals surface area contributed by atoms with Crippen LogP contribution in [-0.4, -0.2) is 30.0 Å². The van der Waals surface area contributed by atoms with Gasteiger partial charge < -0.3 is 9.88 Å². The lowest BCUT2D eigenvalue weighted by Gasteiger charge is -2.32. The molecule has 0 amide bonds. The van der Waals surface area contributed by atoms with Crippen LogP contribution in [0.15, 0.2) is 119 Å². The first-order valence-corrected chi connectivity index (χ1v) is 13.9. The monoisotopic (exact) mass is 518 g/mol. The first-order valence-electron chi connectivity index (χ1n) is 13.9. The van der Waals surface area contributed by atoms with E-state index in [9.17, 15) is 4.79 Å². The molecule has 1 heterocycles. The molecule has 1 unspecified atom stereocenters. The zero-order chi connectivity index (χ0) is 28.4. The molecular weight excluding hydrogens is 476 g/mol. The summed E-state index contributed by atoms with van der Waals surface area (Å²) < 4.78 is 0. The molecule has 3 nitrogen and oxygen atoms in total. The second kappa shape index (κ2) is 14.3. The van der Waals surface area contributed by atoms with E-state index in [4.69, 9.17) is 0 Å². The number of aromatic amines is 1. The number of aromatic nitrogens is 1.